The lowest BCUT2D eigenvalue weighted by molar-refractivity contribution is 0.454. The van der Waals surface area contributed by atoms with E-state index in [0.29, 0.717) is 18.0 Å². The molecule has 1 aromatic heterocycles. The third kappa shape index (κ3) is 3.34. The lowest BCUT2D eigenvalue weighted by atomic mass is 10.2. The van der Waals surface area contributed by atoms with Gasteiger partial charge in [-0.15, -0.1) is 0 Å². The number of sulfonamides is 1. The van der Waals surface area contributed by atoms with Gasteiger partial charge in [0.15, 0.2) is 0 Å². The zero-order valence-electron chi connectivity index (χ0n) is 11.4. The number of nitrogens with zero attached hydrogens (tertiary/aromatic N) is 2. The highest BCUT2D eigenvalue weighted by Gasteiger charge is 2.22. The Balaban J connectivity index is 2.84. The summed E-state index contributed by atoms with van der Waals surface area (Å²) in [5, 5.41) is 0. The molecule has 0 saturated carbocycles. The fourth-order valence-corrected chi connectivity index (χ4v) is 3.11. The predicted molar refractivity (Wildman–Crippen MR) is 72.6 cm³/mol. The second-order valence-corrected chi connectivity index (χ2v) is 6.56. The van der Waals surface area contributed by atoms with Crippen molar-refractivity contribution in [2.45, 2.75) is 37.6 Å². The first-order chi connectivity index (χ1) is 8.43. The molecule has 0 unspecified atom stereocenters. The molecule has 104 valence electrons. The largest absolute Gasteiger partial charge is 0.352 e. The second kappa shape index (κ2) is 6.36. The van der Waals surface area contributed by atoms with Gasteiger partial charge < -0.3 is 10.3 Å². The van der Waals surface area contributed by atoms with E-state index in [9.17, 15) is 8.42 Å². The minimum absolute atomic E-state index is 0.324. The zero-order chi connectivity index (χ0) is 13.8. The third-order valence-electron chi connectivity index (χ3n) is 3.08. The Morgan fingerprint density at radius 1 is 1.39 bits per heavy atom. The molecule has 0 aliphatic rings. The van der Waals surface area contributed by atoms with E-state index in [-0.39, 0.29) is 0 Å². The highest BCUT2D eigenvalue weighted by Crippen LogP contribution is 2.17. The summed E-state index contributed by atoms with van der Waals surface area (Å²) in [6, 6.07) is 1.64. The molecular weight excluding hydrogens is 250 g/mol. The Morgan fingerprint density at radius 2 is 2.06 bits per heavy atom. The lowest BCUT2D eigenvalue weighted by Gasteiger charge is -2.15. The van der Waals surface area contributed by atoms with E-state index in [4.69, 9.17) is 5.73 Å². The van der Waals surface area contributed by atoms with Crippen LogP contribution in [-0.2, 0) is 23.6 Å². The fraction of sp³-hybridized carbons (Fsp3) is 0.667. The zero-order valence-corrected chi connectivity index (χ0v) is 12.2. The van der Waals surface area contributed by atoms with Crippen LogP contribution in [0.2, 0.25) is 0 Å². The molecule has 0 bridgehead atoms. The van der Waals surface area contributed by atoms with Gasteiger partial charge in [0.1, 0.15) is 4.90 Å². The van der Waals surface area contributed by atoms with Crippen molar-refractivity contribution in [3.63, 3.8) is 0 Å². The van der Waals surface area contributed by atoms with Gasteiger partial charge in [0.25, 0.3) is 0 Å². The molecule has 0 aromatic carbocycles. The van der Waals surface area contributed by atoms with E-state index in [2.05, 4.69) is 6.92 Å². The van der Waals surface area contributed by atoms with Gasteiger partial charge in [-0.05, 0) is 12.5 Å². The molecule has 0 amide bonds. The molecule has 0 atom stereocenters. The average molecular weight is 273 g/mol. The molecule has 0 fully saturated rings. The van der Waals surface area contributed by atoms with Gasteiger partial charge in [0.2, 0.25) is 10.0 Å². The normalized spacial score (nSPS) is 12.3. The number of hydrogen-bond donors (Lipinski definition) is 1. The molecule has 0 aliphatic heterocycles. The number of rotatable bonds is 7. The van der Waals surface area contributed by atoms with Crippen LogP contribution >= 0.6 is 0 Å². The number of aryl methyl sites for hydroxylation is 1. The van der Waals surface area contributed by atoms with E-state index in [0.717, 1.165) is 25.0 Å². The molecule has 1 rings (SSSR count). The fourth-order valence-electron chi connectivity index (χ4n) is 1.81. The Kier molecular flexibility index (Phi) is 5.37. The summed E-state index contributed by atoms with van der Waals surface area (Å²) in [5.41, 5.74) is 6.37. The summed E-state index contributed by atoms with van der Waals surface area (Å²) in [6.07, 6.45) is 4.63. The van der Waals surface area contributed by atoms with E-state index in [1.54, 1.807) is 30.9 Å². The molecule has 1 heterocycles. The summed E-state index contributed by atoms with van der Waals surface area (Å²) in [6.45, 7) is 2.99. The van der Waals surface area contributed by atoms with Gasteiger partial charge in [-0.3, -0.25) is 0 Å². The summed E-state index contributed by atoms with van der Waals surface area (Å²) in [7, 11) is 0.0547. The van der Waals surface area contributed by atoms with Crippen molar-refractivity contribution >= 4 is 10.0 Å². The van der Waals surface area contributed by atoms with Crippen LogP contribution < -0.4 is 5.73 Å². The Hall–Kier alpha value is -0.850. The summed E-state index contributed by atoms with van der Waals surface area (Å²) >= 11 is 0. The van der Waals surface area contributed by atoms with Crippen LogP contribution in [0.1, 0.15) is 31.9 Å². The minimum atomic E-state index is -3.37. The van der Waals surface area contributed by atoms with Crippen molar-refractivity contribution in [3.05, 3.63) is 18.0 Å². The van der Waals surface area contributed by atoms with E-state index in [1.807, 2.05) is 0 Å². The Labute approximate surface area is 110 Å². The summed E-state index contributed by atoms with van der Waals surface area (Å²) in [5.74, 6) is 0. The van der Waals surface area contributed by atoms with Crippen molar-refractivity contribution in [2.75, 3.05) is 13.6 Å². The van der Waals surface area contributed by atoms with Crippen molar-refractivity contribution in [1.82, 2.24) is 8.87 Å². The maximum absolute atomic E-state index is 12.3. The van der Waals surface area contributed by atoms with E-state index >= 15 is 0 Å². The monoisotopic (exact) mass is 273 g/mol. The Morgan fingerprint density at radius 3 is 2.56 bits per heavy atom. The number of aromatic nitrogens is 1. The molecule has 2 N–H and O–H groups in total. The maximum atomic E-state index is 12.3. The molecule has 1 aromatic rings. The van der Waals surface area contributed by atoms with Crippen LogP contribution in [0.15, 0.2) is 17.2 Å². The van der Waals surface area contributed by atoms with Gasteiger partial charge >= 0.3 is 0 Å². The molecule has 0 spiro atoms. The first-order valence-electron chi connectivity index (χ1n) is 6.25. The Bertz CT molecular complexity index is 480. The van der Waals surface area contributed by atoms with E-state index < -0.39 is 10.0 Å². The average Bonchev–Trinajstić information content (AvgIpc) is 2.71. The van der Waals surface area contributed by atoms with Gasteiger partial charge in [-0.2, -0.15) is 0 Å². The topological polar surface area (TPSA) is 68.3 Å². The standard InChI is InChI=1S/C12H23N3O2S/c1-4-5-6-7-15(3)18(16,17)12-8-11(9-13)14(2)10-12/h8,10H,4-7,9,13H2,1-3H3. The molecule has 5 nitrogen and oxygen atoms in total. The second-order valence-electron chi connectivity index (χ2n) is 4.52. The van der Waals surface area contributed by atoms with Crippen LogP contribution in [0.5, 0.6) is 0 Å². The van der Waals surface area contributed by atoms with Gasteiger partial charge in [0, 0.05) is 39.1 Å². The summed E-state index contributed by atoms with van der Waals surface area (Å²) in [4.78, 5) is 0.324. The quantitative estimate of drug-likeness (QED) is 0.761. The number of nitrogens with two attached hydrogens (primary N) is 1. The van der Waals surface area contributed by atoms with Gasteiger partial charge in [-0.25, -0.2) is 12.7 Å². The van der Waals surface area contributed by atoms with Crippen molar-refractivity contribution in [3.8, 4) is 0 Å². The minimum Gasteiger partial charge on any atom is -0.352 e. The number of unbranched alkanes of at least 4 members (excludes halogenated alkanes) is 2. The number of hydrogen-bond acceptors (Lipinski definition) is 3. The molecule has 0 radical (unpaired) electrons. The van der Waals surface area contributed by atoms with Crippen LogP contribution in [-0.4, -0.2) is 30.9 Å². The predicted octanol–water partition coefficient (Wildman–Crippen LogP) is 1.29. The molecule has 0 aliphatic carbocycles. The van der Waals surface area contributed by atoms with Crippen LogP contribution in [0.3, 0.4) is 0 Å². The molecule has 0 saturated heterocycles. The highest BCUT2D eigenvalue weighted by molar-refractivity contribution is 7.89. The van der Waals surface area contributed by atoms with E-state index in [1.165, 1.54) is 4.31 Å². The highest BCUT2D eigenvalue weighted by atomic mass is 32.2. The first-order valence-corrected chi connectivity index (χ1v) is 7.69. The van der Waals surface area contributed by atoms with Gasteiger partial charge in [0.05, 0.1) is 0 Å². The third-order valence-corrected chi connectivity index (χ3v) is 4.90. The lowest BCUT2D eigenvalue weighted by Crippen LogP contribution is -2.27. The SMILES string of the molecule is CCCCCN(C)S(=O)(=O)c1cc(CN)n(C)c1. The maximum Gasteiger partial charge on any atom is 0.244 e. The van der Waals surface area contributed by atoms with Crippen LogP contribution in [0.25, 0.3) is 0 Å². The molecule has 18 heavy (non-hydrogen) atoms. The van der Waals surface area contributed by atoms with Crippen molar-refractivity contribution < 1.29 is 8.42 Å². The van der Waals surface area contributed by atoms with Crippen LogP contribution in [0, 0.1) is 0 Å². The first kappa shape index (κ1) is 15.2. The molecule has 6 heteroatoms. The smallest absolute Gasteiger partial charge is 0.244 e. The van der Waals surface area contributed by atoms with Crippen LogP contribution in [0.4, 0.5) is 0 Å². The van der Waals surface area contributed by atoms with Crippen molar-refractivity contribution in [1.29, 1.82) is 0 Å². The molecular formula is C12H23N3O2S. The van der Waals surface area contributed by atoms with Crippen molar-refractivity contribution in [2.24, 2.45) is 12.8 Å². The van der Waals surface area contributed by atoms with Gasteiger partial charge in [-0.1, -0.05) is 19.8 Å². The summed E-state index contributed by atoms with van der Waals surface area (Å²) < 4.78 is 27.7.